The molecule has 1 heterocycles. The fourth-order valence-corrected chi connectivity index (χ4v) is 2.43. The molecule has 0 amide bonds. The number of carbonyl (C=O) groups excluding carboxylic acids is 1. The summed E-state index contributed by atoms with van der Waals surface area (Å²) in [4.78, 5) is 13.1. The van der Waals surface area contributed by atoms with Crippen LogP contribution >= 0.6 is 11.8 Å². The molecule has 70 valence electrons. The van der Waals surface area contributed by atoms with Crippen LogP contribution in [-0.2, 0) is 4.79 Å². The Labute approximate surface area is 78.7 Å². The van der Waals surface area contributed by atoms with Gasteiger partial charge in [0.1, 0.15) is 5.78 Å². The topological polar surface area (TPSA) is 20.3 Å². The number of thioether (sulfide) groups is 1. The van der Waals surface area contributed by atoms with Gasteiger partial charge in [-0.05, 0) is 32.6 Å². The number of hydrogen-bond donors (Lipinski definition) is 0. The molecule has 0 aromatic rings. The number of piperidine rings is 1. The van der Waals surface area contributed by atoms with Crippen molar-refractivity contribution in [1.82, 2.24) is 4.90 Å². The Kier molecular flexibility index (Phi) is 4.09. The molecular weight excluding hydrogens is 170 g/mol. The van der Waals surface area contributed by atoms with E-state index in [1.54, 1.807) is 6.92 Å². The highest BCUT2D eigenvalue weighted by Gasteiger charge is 2.19. The van der Waals surface area contributed by atoms with Crippen molar-refractivity contribution in [2.45, 2.75) is 25.0 Å². The van der Waals surface area contributed by atoms with Gasteiger partial charge in [0.25, 0.3) is 0 Å². The van der Waals surface area contributed by atoms with E-state index in [1.165, 1.54) is 12.8 Å². The van der Waals surface area contributed by atoms with Crippen LogP contribution in [0.1, 0.15) is 19.8 Å². The Morgan fingerprint density at radius 2 is 2.42 bits per heavy atom. The molecule has 1 rings (SSSR count). The van der Waals surface area contributed by atoms with Gasteiger partial charge >= 0.3 is 0 Å². The van der Waals surface area contributed by atoms with E-state index in [4.69, 9.17) is 0 Å². The van der Waals surface area contributed by atoms with E-state index in [1.807, 2.05) is 11.8 Å². The highest BCUT2D eigenvalue weighted by atomic mass is 32.2. The summed E-state index contributed by atoms with van der Waals surface area (Å²) in [5.41, 5.74) is 0. The average Bonchev–Trinajstić information content (AvgIpc) is 2.03. The summed E-state index contributed by atoms with van der Waals surface area (Å²) in [6, 6.07) is 0. The lowest BCUT2D eigenvalue weighted by Gasteiger charge is -2.30. The minimum atomic E-state index is 0.289. The van der Waals surface area contributed by atoms with Gasteiger partial charge in [0, 0.05) is 11.8 Å². The van der Waals surface area contributed by atoms with Gasteiger partial charge in [0.05, 0.1) is 6.54 Å². The molecule has 1 aliphatic heterocycles. The lowest BCUT2D eigenvalue weighted by Crippen LogP contribution is -2.39. The molecule has 0 spiro atoms. The molecule has 0 saturated carbocycles. The molecule has 0 aromatic heterocycles. The van der Waals surface area contributed by atoms with Crippen LogP contribution in [0.2, 0.25) is 0 Å². The first-order valence-electron chi connectivity index (χ1n) is 4.47. The van der Waals surface area contributed by atoms with Crippen LogP contribution < -0.4 is 0 Å². The van der Waals surface area contributed by atoms with Gasteiger partial charge < -0.3 is 0 Å². The third-order valence-electron chi connectivity index (χ3n) is 2.24. The molecular formula is C9H17NOS. The van der Waals surface area contributed by atoms with Crippen molar-refractivity contribution in [3.63, 3.8) is 0 Å². The van der Waals surface area contributed by atoms with Crippen molar-refractivity contribution < 1.29 is 4.79 Å². The molecule has 1 fully saturated rings. The van der Waals surface area contributed by atoms with Gasteiger partial charge in [-0.3, -0.25) is 9.69 Å². The zero-order valence-electron chi connectivity index (χ0n) is 7.88. The molecule has 3 heteroatoms. The zero-order chi connectivity index (χ0) is 8.97. The minimum Gasteiger partial charge on any atom is -0.299 e. The van der Waals surface area contributed by atoms with Gasteiger partial charge in [0.2, 0.25) is 0 Å². The summed E-state index contributed by atoms with van der Waals surface area (Å²) >= 11 is 1.92. The maximum absolute atomic E-state index is 10.9. The number of hydrogen-bond acceptors (Lipinski definition) is 3. The van der Waals surface area contributed by atoms with Crippen LogP contribution in [0.3, 0.4) is 0 Å². The van der Waals surface area contributed by atoms with Crippen LogP contribution in [0.5, 0.6) is 0 Å². The maximum Gasteiger partial charge on any atom is 0.143 e. The first-order valence-corrected chi connectivity index (χ1v) is 5.75. The molecule has 1 aliphatic rings. The summed E-state index contributed by atoms with van der Waals surface area (Å²) in [6.45, 7) is 4.52. The molecule has 0 aliphatic carbocycles. The first kappa shape index (κ1) is 10.1. The van der Waals surface area contributed by atoms with Crippen LogP contribution in [0.25, 0.3) is 0 Å². The third kappa shape index (κ3) is 3.15. The summed E-state index contributed by atoms with van der Waals surface area (Å²) in [6.07, 6.45) is 4.72. The smallest absolute Gasteiger partial charge is 0.143 e. The summed E-state index contributed by atoms with van der Waals surface area (Å²) in [5, 5.41) is 0.748. The van der Waals surface area contributed by atoms with E-state index < -0.39 is 0 Å². The molecule has 1 unspecified atom stereocenters. The van der Waals surface area contributed by atoms with Crippen molar-refractivity contribution in [1.29, 1.82) is 0 Å². The Morgan fingerprint density at radius 1 is 1.67 bits per heavy atom. The number of Topliss-reactive ketones (excluding diaryl/α,β-unsaturated/α-hetero) is 1. The average molecular weight is 187 g/mol. The van der Waals surface area contributed by atoms with Crippen LogP contribution in [-0.4, -0.2) is 41.8 Å². The molecule has 0 bridgehead atoms. The Balaban J connectivity index is 2.30. The van der Waals surface area contributed by atoms with Crippen molar-refractivity contribution in [2.24, 2.45) is 0 Å². The highest BCUT2D eigenvalue weighted by Crippen LogP contribution is 2.19. The predicted molar refractivity (Wildman–Crippen MR) is 53.7 cm³/mol. The highest BCUT2D eigenvalue weighted by molar-refractivity contribution is 7.99. The van der Waals surface area contributed by atoms with Gasteiger partial charge in [-0.2, -0.15) is 11.8 Å². The lowest BCUT2D eigenvalue weighted by molar-refractivity contribution is -0.118. The van der Waals surface area contributed by atoms with E-state index in [0.29, 0.717) is 6.54 Å². The van der Waals surface area contributed by atoms with E-state index >= 15 is 0 Å². The molecule has 0 aromatic carbocycles. The zero-order valence-corrected chi connectivity index (χ0v) is 8.69. The van der Waals surface area contributed by atoms with Crippen LogP contribution in [0.4, 0.5) is 0 Å². The SMILES string of the molecule is CSC1CCCN(CC(C)=O)C1. The standard InChI is InChI=1S/C9H17NOS/c1-8(11)6-10-5-3-4-9(7-10)12-2/h9H,3-7H2,1-2H3. The number of carbonyl (C=O) groups is 1. The largest absolute Gasteiger partial charge is 0.299 e. The second-order valence-corrected chi connectivity index (χ2v) is 4.58. The van der Waals surface area contributed by atoms with Gasteiger partial charge in [0.15, 0.2) is 0 Å². The predicted octanol–water partition coefficient (Wildman–Crippen LogP) is 1.40. The Morgan fingerprint density at radius 3 is 3.00 bits per heavy atom. The second-order valence-electron chi connectivity index (χ2n) is 3.44. The first-order chi connectivity index (χ1) is 5.72. The monoisotopic (exact) mass is 187 g/mol. The van der Waals surface area contributed by atoms with Crippen LogP contribution in [0, 0.1) is 0 Å². The molecule has 0 radical (unpaired) electrons. The molecule has 1 atom stereocenters. The van der Waals surface area contributed by atoms with Crippen molar-refractivity contribution in [2.75, 3.05) is 25.9 Å². The van der Waals surface area contributed by atoms with Crippen LogP contribution in [0.15, 0.2) is 0 Å². The van der Waals surface area contributed by atoms with E-state index in [2.05, 4.69) is 11.2 Å². The Bertz CT molecular complexity index is 161. The van der Waals surface area contributed by atoms with Gasteiger partial charge in [-0.1, -0.05) is 0 Å². The van der Waals surface area contributed by atoms with Gasteiger partial charge in [-0.25, -0.2) is 0 Å². The van der Waals surface area contributed by atoms with Crippen molar-refractivity contribution in [3.05, 3.63) is 0 Å². The number of likely N-dealkylation sites (tertiary alicyclic amines) is 1. The van der Waals surface area contributed by atoms with E-state index in [-0.39, 0.29) is 5.78 Å². The minimum absolute atomic E-state index is 0.289. The molecule has 12 heavy (non-hydrogen) atoms. The lowest BCUT2D eigenvalue weighted by atomic mass is 10.1. The normalized spacial score (nSPS) is 25.7. The fraction of sp³-hybridized carbons (Fsp3) is 0.889. The maximum atomic E-state index is 10.9. The fourth-order valence-electron chi connectivity index (χ4n) is 1.66. The van der Waals surface area contributed by atoms with Crippen molar-refractivity contribution >= 4 is 17.5 Å². The quantitative estimate of drug-likeness (QED) is 0.666. The molecule has 1 saturated heterocycles. The van der Waals surface area contributed by atoms with E-state index in [9.17, 15) is 4.79 Å². The van der Waals surface area contributed by atoms with Crippen molar-refractivity contribution in [3.8, 4) is 0 Å². The van der Waals surface area contributed by atoms with E-state index in [0.717, 1.165) is 18.3 Å². The molecule has 2 nitrogen and oxygen atoms in total. The summed E-state index contributed by atoms with van der Waals surface area (Å²) < 4.78 is 0. The third-order valence-corrected chi connectivity index (χ3v) is 3.29. The molecule has 0 N–H and O–H groups in total. The number of nitrogens with zero attached hydrogens (tertiary/aromatic N) is 1. The summed E-state index contributed by atoms with van der Waals surface area (Å²) in [7, 11) is 0. The number of ketones is 1. The van der Waals surface area contributed by atoms with Gasteiger partial charge in [-0.15, -0.1) is 0 Å². The Hall–Kier alpha value is -0.0200. The number of rotatable bonds is 3. The summed E-state index contributed by atoms with van der Waals surface area (Å²) in [5.74, 6) is 0.289. The second kappa shape index (κ2) is 4.87.